The maximum Gasteiger partial charge on any atom is 0.329 e. The fraction of sp³-hybridized carbons (Fsp3) is 0.400. The minimum Gasteiger partial charge on any atom is -0.458 e. The number of amides is 1. The molecular formula is C15H16ClNO4. The van der Waals surface area contributed by atoms with Gasteiger partial charge in [-0.15, -0.1) is 0 Å². The minimum atomic E-state index is -0.902. The van der Waals surface area contributed by atoms with Gasteiger partial charge in [-0.2, -0.15) is 0 Å². The number of ether oxygens (including phenoxy) is 1. The molecule has 0 spiro atoms. The summed E-state index contributed by atoms with van der Waals surface area (Å²) >= 11 is 5.97. The highest BCUT2D eigenvalue weighted by Crippen LogP contribution is 2.35. The summed E-state index contributed by atoms with van der Waals surface area (Å²) in [5, 5.41) is 0.199. The monoisotopic (exact) mass is 309 g/mol. The molecule has 0 aliphatic carbocycles. The number of esters is 1. The molecule has 1 amide bonds. The number of fused-ring (bicyclic) bond motifs is 1. The number of halogens is 1. The third kappa shape index (κ3) is 2.78. The van der Waals surface area contributed by atoms with Crippen LogP contribution in [0.3, 0.4) is 0 Å². The van der Waals surface area contributed by atoms with Gasteiger partial charge in [-0.05, 0) is 39.8 Å². The van der Waals surface area contributed by atoms with E-state index in [4.69, 9.17) is 16.3 Å². The first-order valence-electron chi connectivity index (χ1n) is 6.53. The molecule has 0 fully saturated rings. The van der Waals surface area contributed by atoms with Gasteiger partial charge in [0, 0.05) is 0 Å². The van der Waals surface area contributed by atoms with Gasteiger partial charge in [-0.1, -0.05) is 17.7 Å². The summed E-state index contributed by atoms with van der Waals surface area (Å²) in [5.74, 6) is -2.04. The number of carbonyl (C=O) groups excluding carboxylic acids is 3. The zero-order valence-electron chi connectivity index (χ0n) is 12.3. The Morgan fingerprint density at radius 1 is 1.29 bits per heavy atom. The van der Waals surface area contributed by atoms with Crippen molar-refractivity contribution in [3.63, 3.8) is 0 Å². The van der Waals surface area contributed by atoms with Crippen LogP contribution in [0, 0.1) is 0 Å². The molecule has 21 heavy (non-hydrogen) atoms. The molecule has 2 rings (SSSR count). The zero-order chi connectivity index (χ0) is 15.9. The predicted molar refractivity (Wildman–Crippen MR) is 78.6 cm³/mol. The van der Waals surface area contributed by atoms with E-state index in [1.807, 2.05) is 0 Å². The average molecular weight is 310 g/mol. The van der Waals surface area contributed by atoms with E-state index in [2.05, 4.69) is 0 Å². The minimum absolute atomic E-state index is 0.138. The molecule has 1 atom stereocenters. The molecule has 0 N–H and O–H groups in total. The maximum atomic E-state index is 12.1. The largest absolute Gasteiger partial charge is 0.458 e. The molecule has 1 aliphatic rings. The normalized spacial score (nSPS) is 16.0. The van der Waals surface area contributed by atoms with Crippen LogP contribution in [-0.2, 0) is 14.3 Å². The van der Waals surface area contributed by atoms with Gasteiger partial charge in [0.1, 0.15) is 11.6 Å². The Labute approximate surface area is 127 Å². The number of hydrogen-bond donors (Lipinski definition) is 0. The maximum absolute atomic E-state index is 12.1. The van der Waals surface area contributed by atoms with Gasteiger partial charge in [-0.25, -0.2) is 4.79 Å². The number of nitrogens with zero attached hydrogens (tertiary/aromatic N) is 1. The molecule has 0 bridgehead atoms. The summed E-state index contributed by atoms with van der Waals surface area (Å²) in [5.41, 5.74) is -0.189. The molecule has 0 saturated carbocycles. The van der Waals surface area contributed by atoms with Crippen LogP contribution in [0.4, 0.5) is 5.69 Å². The van der Waals surface area contributed by atoms with E-state index in [0.29, 0.717) is 5.69 Å². The lowest BCUT2D eigenvalue weighted by atomic mass is 10.1. The van der Waals surface area contributed by atoms with Gasteiger partial charge < -0.3 is 4.74 Å². The van der Waals surface area contributed by atoms with Crippen LogP contribution in [0.5, 0.6) is 0 Å². The third-order valence-corrected chi connectivity index (χ3v) is 3.34. The second kappa shape index (κ2) is 5.15. The van der Waals surface area contributed by atoms with E-state index in [0.717, 1.165) is 4.90 Å². The van der Waals surface area contributed by atoms with E-state index < -0.39 is 29.3 Å². The lowest BCUT2D eigenvalue weighted by Crippen LogP contribution is -2.45. The molecular weight excluding hydrogens is 294 g/mol. The Balaban J connectivity index is 2.38. The summed E-state index contributed by atoms with van der Waals surface area (Å²) in [6.45, 7) is 6.73. The highest BCUT2D eigenvalue weighted by molar-refractivity contribution is 6.55. The molecule has 112 valence electrons. The number of benzene rings is 1. The number of carbonyl (C=O) groups is 3. The predicted octanol–water partition coefficient (Wildman–Crippen LogP) is 2.60. The van der Waals surface area contributed by atoms with Crippen LogP contribution in [0.1, 0.15) is 38.1 Å². The van der Waals surface area contributed by atoms with E-state index >= 15 is 0 Å². The standard InChI is InChI=1S/C15H16ClNO4/c1-8(14(20)21-15(2,3)4)17-10-7-5-6-9(16)11(10)12(18)13(17)19/h5-8H,1-4H3. The second-order valence-electron chi connectivity index (χ2n) is 5.85. The summed E-state index contributed by atoms with van der Waals surface area (Å²) in [6, 6.07) is 3.85. The van der Waals surface area contributed by atoms with Crippen LogP contribution < -0.4 is 4.90 Å². The third-order valence-electron chi connectivity index (χ3n) is 3.03. The van der Waals surface area contributed by atoms with Crippen molar-refractivity contribution in [2.45, 2.75) is 39.3 Å². The number of Topliss-reactive ketones (excluding diaryl/α,β-unsaturated/α-hetero) is 1. The number of anilines is 1. The summed E-state index contributed by atoms with van der Waals surface area (Å²) < 4.78 is 5.26. The molecule has 1 aromatic carbocycles. The highest BCUT2D eigenvalue weighted by Gasteiger charge is 2.42. The van der Waals surface area contributed by atoms with E-state index in [1.165, 1.54) is 13.0 Å². The van der Waals surface area contributed by atoms with E-state index in [-0.39, 0.29) is 10.6 Å². The highest BCUT2D eigenvalue weighted by atomic mass is 35.5. The molecule has 0 radical (unpaired) electrons. The van der Waals surface area contributed by atoms with Crippen molar-refractivity contribution < 1.29 is 19.1 Å². The molecule has 0 aromatic heterocycles. The smallest absolute Gasteiger partial charge is 0.329 e. The van der Waals surface area contributed by atoms with E-state index in [1.54, 1.807) is 32.9 Å². The summed E-state index contributed by atoms with van der Waals surface area (Å²) in [6.07, 6.45) is 0. The van der Waals surface area contributed by atoms with Gasteiger partial charge in [-0.3, -0.25) is 14.5 Å². The van der Waals surface area contributed by atoms with Crippen LogP contribution >= 0.6 is 11.6 Å². The van der Waals surface area contributed by atoms with Crippen LogP contribution in [0.2, 0.25) is 5.02 Å². The fourth-order valence-corrected chi connectivity index (χ4v) is 2.40. The molecule has 0 saturated heterocycles. The van der Waals surface area contributed by atoms with Crippen LogP contribution in [-0.4, -0.2) is 29.3 Å². The molecule has 1 aromatic rings. The summed E-state index contributed by atoms with van der Waals surface area (Å²) in [4.78, 5) is 37.4. The van der Waals surface area contributed by atoms with Gasteiger partial charge in [0.15, 0.2) is 0 Å². The Morgan fingerprint density at radius 2 is 1.90 bits per heavy atom. The van der Waals surface area contributed by atoms with Gasteiger partial charge in [0.2, 0.25) is 0 Å². The second-order valence-corrected chi connectivity index (χ2v) is 6.25. The topological polar surface area (TPSA) is 63.7 Å². The SMILES string of the molecule is CC(C(=O)OC(C)(C)C)N1C(=O)C(=O)c2c(Cl)cccc21. The molecule has 1 unspecified atom stereocenters. The van der Waals surface area contributed by atoms with Gasteiger partial charge >= 0.3 is 5.97 Å². The molecule has 1 aliphatic heterocycles. The van der Waals surface area contributed by atoms with Gasteiger partial charge in [0.05, 0.1) is 16.3 Å². The lowest BCUT2D eigenvalue weighted by Gasteiger charge is -2.27. The van der Waals surface area contributed by atoms with Crippen molar-refractivity contribution in [3.8, 4) is 0 Å². The van der Waals surface area contributed by atoms with Crippen molar-refractivity contribution >= 4 is 34.9 Å². The molecule has 6 heteroatoms. The fourth-order valence-electron chi connectivity index (χ4n) is 2.14. The molecule has 1 heterocycles. The van der Waals surface area contributed by atoms with E-state index in [9.17, 15) is 14.4 Å². The number of hydrogen-bond acceptors (Lipinski definition) is 4. The first-order valence-corrected chi connectivity index (χ1v) is 6.90. The van der Waals surface area contributed by atoms with Gasteiger partial charge in [0.25, 0.3) is 11.7 Å². The van der Waals surface area contributed by atoms with Crippen LogP contribution in [0.15, 0.2) is 18.2 Å². The Bertz CT molecular complexity index is 633. The Hall–Kier alpha value is -1.88. The Kier molecular flexibility index (Phi) is 3.80. The Morgan fingerprint density at radius 3 is 2.48 bits per heavy atom. The molecule has 5 nitrogen and oxygen atoms in total. The summed E-state index contributed by atoms with van der Waals surface area (Å²) in [7, 11) is 0. The first-order chi connectivity index (χ1) is 9.63. The zero-order valence-corrected chi connectivity index (χ0v) is 13.0. The first kappa shape index (κ1) is 15.5. The lowest BCUT2D eigenvalue weighted by molar-refractivity contribution is -0.156. The average Bonchev–Trinajstić information content (AvgIpc) is 2.60. The quantitative estimate of drug-likeness (QED) is 0.622. The van der Waals surface area contributed by atoms with Crippen LogP contribution in [0.25, 0.3) is 0 Å². The van der Waals surface area contributed by atoms with Crippen molar-refractivity contribution in [2.75, 3.05) is 4.90 Å². The number of rotatable bonds is 2. The van der Waals surface area contributed by atoms with Crippen molar-refractivity contribution in [2.24, 2.45) is 0 Å². The van der Waals surface area contributed by atoms with Crippen molar-refractivity contribution in [1.29, 1.82) is 0 Å². The number of ketones is 1. The van der Waals surface area contributed by atoms with Crippen molar-refractivity contribution in [3.05, 3.63) is 28.8 Å². The van der Waals surface area contributed by atoms with Crippen molar-refractivity contribution in [1.82, 2.24) is 0 Å².